The molecule has 5 heteroatoms. The SMILES string of the molecule is COC(=O)c1ccc2ccccc2c1B(O)O. The fourth-order valence-corrected chi connectivity index (χ4v) is 1.86. The number of hydrogen-bond donors (Lipinski definition) is 2. The Labute approximate surface area is 98.6 Å². The molecule has 2 rings (SSSR count). The number of carbonyl (C=O) groups excluding carboxylic acids is 1. The largest absolute Gasteiger partial charge is 0.489 e. The van der Waals surface area contributed by atoms with Gasteiger partial charge in [0.25, 0.3) is 0 Å². The number of benzene rings is 2. The Balaban J connectivity index is 2.77. The number of carbonyl (C=O) groups is 1. The van der Waals surface area contributed by atoms with Crippen molar-refractivity contribution in [2.24, 2.45) is 0 Å². The van der Waals surface area contributed by atoms with Gasteiger partial charge in [0.1, 0.15) is 0 Å². The maximum atomic E-state index is 11.5. The van der Waals surface area contributed by atoms with E-state index in [1.54, 1.807) is 18.2 Å². The first-order valence-corrected chi connectivity index (χ1v) is 5.11. The van der Waals surface area contributed by atoms with E-state index in [-0.39, 0.29) is 11.0 Å². The van der Waals surface area contributed by atoms with Gasteiger partial charge in [0.05, 0.1) is 12.7 Å². The number of esters is 1. The number of rotatable bonds is 2. The monoisotopic (exact) mass is 230 g/mol. The zero-order valence-electron chi connectivity index (χ0n) is 9.25. The van der Waals surface area contributed by atoms with E-state index in [2.05, 4.69) is 4.74 Å². The third-order valence-corrected chi connectivity index (χ3v) is 2.63. The first kappa shape index (κ1) is 11.6. The van der Waals surface area contributed by atoms with Crippen LogP contribution in [0, 0.1) is 0 Å². The van der Waals surface area contributed by atoms with Gasteiger partial charge in [-0.3, -0.25) is 0 Å². The fraction of sp³-hybridized carbons (Fsp3) is 0.0833. The summed E-state index contributed by atoms with van der Waals surface area (Å²) >= 11 is 0. The summed E-state index contributed by atoms with van der Waals surface area (Å²) < 4.78 is 4.61. The summed E-state index contributed by atoms with van der Waals surface area (Å²) in [5.74, 6) is -0.584. The quantitative estimate of drug-likeness (QED) is 0.575. The molecule has 0 aliphatic carbocycles. The molecule has 2 N–H and O–H groups in total. The lowest BCUT2D eigenvalue weighted by Crippen LogP contribution is -2.35. The molecule has 0 unspecified atom stereocenters. The van der Waals surface area contributed by atoms with Crippen LogP contribution in [0.4, 0.5) is 0 Å². The van der Waals surface area contributed by atoms with Crippen molar-refractivity contribution in [2.45, 2.75) is 0 Å². The van der Waals surface area contributed by atoms with Crippen LogP contribution in [-0.4, -0.2) is 30.2 Å². The molecular formula is C12H11BO4. The average molecular weight is 230 g/mol. The van der Waals surface area contributed by atoms with E-state index in [4.69, 9.17) is 0 Å². The lowest BCUT2D eigenvalue weighted by Gasteiger charge is -2.10. The fourth-order valence-electron chi connectivity index (χ4n) is 1.86. The summed E-state index contributed by atoms with van der Waals surface area (Å²) in [4.78, 5) is 11.5. The summed E-state index contributed by atoms with van der Waals surface area (Å²) in [7, 11) is -0.458. The van der Waals surface area contributed by atoms with Gasteiger partial charge in [-0.15, -0.1) is 0 Å². The van der Waals surface area contributed by atoms with Crippen LogP contribution in [0.3, 0.4) is 0 Å². The minimum atomic E-state index is -1.71. The molecule has 17 heavy (non-hydrogen) atoms. The molecule has 0 heterocycles. The molecule has 0 amide bonds. The van der Waals surface area contributed by atoms with Crippen molar-refractivity contribution >= 4 is 29.3 Å². The summed E-state index contributed by atoms with van der Waals surface area (Å²) in [6, 6.07) is 10.5. The molecule has 0 saturated heterocycles. The zero-order chi connectivity index (χ0) is 12.4. The van der Waals surface area contributed by atoms with Crippen molar-refractivity contribution in [2.75, 3.05) is 7.11 Å². The highest BCUT2D eigenvalue weighted by Crippen LogP contribution is 2.14. The summed E-state index contributed by atoms with van der Waals surface area (Å²) in [5.41, 5.74) is 0.344. The van der Waals surface area contributed by atoms with Gasteiger partial charge in [-0.25, -0.2) is 4.79 Å². The van der Waals surface area contributed by atoms with Crippen LogP contribution in [0.15, 0.2) is 36.4 Å². The molecule has 2 aromatic carbocycles. The molecule has 0 fully saturated rings. The Morgan fingerprint density at radius 3 is 2.53 bits per heavy atom. The van der Waals surface area contributed by atoms with Crippen molar-refractivity contribution < 1.29 is 19.6 Å². The molecule has 0 aliphatic heterocycles. The van der Waals surface area contributed by atoms with Crippen LogP contribution in [-0.2, 0) is 4.74 Å². The molecule has 2 aromatic rings. The van der Waals surface area contributed by atoms with Gasteiger partial charge in [0.2, 0.25) is 0 Å². The van der Waals surface area contributed by atoms with Crippen LogP contribution < -0.4 is 5.46 Å². The number of methoxy groups -OCH3 is 1. The van der Waals surface area contributed by atoms with Crippen LogP contribution in [0.25, 0.3) is 10.8 Å². The van der Waals surface area contributed by atoms with Crippen LogP contribution in [0.2, 0.25) is 0 Å². The van der Waals surface area contributed by atoms with Crippen molar-refractivity contribution in [3.63, 3.8) is 0 Å². The van der Waals surface area contributed by atoms with E-state index in [1.165, 1.54) is 13.2 Å². The van der Waals surface area contributed by atoms with Gasteiger partial charge in [-0.05, 0) is 16.8 Å². The normalized spacial score (nSPS) is 10.3. The predicted molar refractivity (Wildman–Crippen MR) is 65.1 cm³/mol. The summed E-state index contributed by atoms with van der Waals surface area (Å²) in [6.07, 6.45) is 0. The third-order valence-electron chi connectivity index (χ3n) is 2.63. The minimum Gasteiger partial charge on any atom is -0.465 e. The smallest absolute Gasteiger partial charge is 0.465 e. The highest BCUT2D eigenvalue weighted by atomic mass is 16.5. The second-order valence-corrected chi connectivity index (χ2v) is 3.61. The molecule has 86 valence electrons. The molecule has 0 atom stereocenters. The first-order valence-electron chi connectivity index (χ1n) is 5.11. The lowest BCUT2D eigenvalue weighted by molar-refractivity contribution is 0.0602. The highest BCUT2D eigenvalue weighted by molar-refractivity contribution is 6.63. The maximum absolute atomic E-state index is 11.5. The molecule has 0 bridgehead atoms. The Morgan fingerprint density at radius 2 is 1.88 bits per heavy atom. The number of hydrogen-bond acceptors (Lipinski definition) is 4. The van der Waals surface area contributed by atoms with Crippen LogP contribution >= 0.6 is 0 Å². The molecule has 0 saturated carbocycles. The molecule has 4 nitrogen and oxygen atoms in total. The second kappa shape index (κ2) is 4.57. The number of ether oxygens (including phenoxy) is 1. The van der Waals surface area contributed by atoms with E-state index in [0.29, 0.717) is 5.39 Å². The third kappa shape index (κ3) is 2.02. The maximum Gasteiger partial charge on any atom is 0.489 e. The lowest BCUT2D eigenvalue weighted by atomic mass is 9.74. The Hall–Kier alpha value is -1.85. The van der Waals surface area contributed by atoms with Crippen LogP contribution in [0.1, 0.15) is 10.4 Å². The van der Waals surface area contributed by atoms with E-state index in [9.17, 15) is 14.8 Å². The highest BCUT2D eigenvalue weighted by Gasteiger charge is 2.23. The van der Waals surface area contributed by atoms with Crippen molar-refractivity contribution in [1.82, 2.24) is 0 Å². The summed E-state index contributed by atoms with van der Waals surface area (Å²) in [6.45, 7) is 0. The van der Waals surface area contributed by atoms with E-state index in [0.717, 1.165) is 5.39 Å². The zero-order valence-corrected chi connectivity index (χ0v) is 9.25. The predicted octanol–water partition coefficient (Wildman–Crippen LogP) is 0.306. The van der Waals surface area contributed by atoms with Gasteiger partial charge in [-0.1, -0.05) is 30.3 Å². The minimum absolute atomic E-state index is 0.168. The van der Waals surface area contributed by atoms with Gasteiger partial charge >= 0.3 is 13.1 Å². The van der Waals surface area contributed by atoms with E-state index in [1.807, 2.05) is 12.1 Å². The molecule has 0 aromatic heterocycles. The Bertz CT molecular complexity index is 565. The van der Waals surface area contributed by atoms with Crippen LogP contribution in [0.5, 0.6) is 0 Å². The standard InChI is InChI=1S/C12H11BO4/c1-17-12(14)10-7-6-8-4-2-3-5-9(8)11(10)13(15)16/h2-7,15-16H,1H3. The van der Waals surface area contributed by atoms with Crippen molar-refractivity contribution in [3.05, 3.63) is 42.0 Å². The van der Waals surface area contributed by atoms with Gasteiger partial charge in [0, 0.05) is 5.46 Å². The van der Waals surface area contributed by atoms with Gasteiger partial charge in [-0.2, -0.15) is 0 Å². The van der Waals surface area contributed by atoms with Gasteiger partial charge in [0.15, 0.2) is 0 Å². The van der Waals surface area contributed by atoms with E-state index >= 15 is 0 Å². The molecular weight excluding hydrogens is 219 g/mol. The van der Waals surface area contributed by atoms with Crippen molar-refractivity contribution in [1.29, 1.82) is 0 Å². The van der Waals surface area contributed by atoms with E-state index < -0.39 is 13.1 Å². The Kier molecular flexibility index (Phi) is 3.13. The second-order valence-electron chi connectivity index (χ2n) is 3.61. The Morgan fingerprint density at radius 1 is 1.18 bits per heavy atom. The van der Waals surface area contributed by atoms with Crippen molar-refractivity contribution in [3.8, 4) is 0 Å². The molecule has 0 aliphatic rings. The molecule has 0 spiro atoms. The molecule has 0 radical (unpaired) electrons. The number of fused-ring (bicyclic) bond motifs is 1. The summed E-state index contributed by atoms with van der Waals surface area (Å²) in [5, 5.41) is 20.3. The topological polar surface area (TPSA) is 66.8 Å². The average Bonchev–Trinajstić information content (AvgIpc) is 2.36. The van der Waals surface area contributed by atoms with Gasteiger partial charge < -0.3 is 14.8 Å². The first-order chi connectivity index (χ1) is 8.15.